The van der Waals surface area contributed by atoms with Gasteiger partial charge < -0.3 is 10.2 Å². The molecule has 1 unspecified atom stereocenters. The number of carbonyl (C=O) groups excluding carboxylic acids is 3. The second-order valence-corrected chi connectivity index (χ2v) is 11.1. The predicted octanol–water partition coefficient (Wildman–Crippen LogP) is 5.87. The van der Waals surface area contributed by atoms with Crippen LogP contribution in [-0.4, -0.2) is 41.6 Å². The van der Waals surface area contributed by atoms with E-state index >= 15 is 4.39 Å². The highest BCUT2D eigenvalue weighted by Crippen LogP contribution is 2.32. The zero-order valence-electron chi connectivity index (χ0n) is 21.3. The van der Waals surface area contributed by atoms with Crippen molar-refractivity contribution < 1.29 is 20.2 Å². The molecular formula is C28H43FN2O3. The first-order chi connectivity index (χ1) is 16.1. The molecule has 2 atom stereocenters. The molecule has 1 aliphatic heterocycles. The van der Waals surface area contributed by atoms with Crippen molar-refractivity contribution >= 4 is 17.6 Å². The van der Waals surface area contributed by atoms with E-state index in [4.69, 9.17) is 0 Å². The Balaban J connectivity index is 0.00000432. The fourth-order valence-corrected chi connectivity index (χ4v) is 5.47. The van der Waals surface area contributed by atoms with Crippen molar-refractivity contribution in [3.8, 4) is 0 Å². The van der Waals surface area contributed by atoms with Crippen LogP contribution in [0.15, 0.2) is 18.2 Å². The van der Waals surface area contributed by atoms with Crippen LogP contribution in [0.1, 0.15) is 109 Å². The van der Waals surface area contributed by atoms with Crippen molar-refractivity contribution in [1.82, 2.24) is 10.2 Å². The molecule has 2 amide bonds. The molecule has 1 aliphatic carbocycles. The van der Waals surface area contributed by atoms with E-state index in [-0.39, 0.29) is 30.5 Å². The summed E-state index contributed by atoms with van der Waals surface area (Å²) in [6.07, 6.45) is 8.19. The molecule has 1 heterocycles. The second-order valence-electron chi connectivity index (χ2n) is 11.1. The van der Waals surface area contributed by atoms with Crippen molar-refractivity contribution in [2.45, 2.75) is 97.4 Å². The van der Waals surface area contributed by atoms with Gasteiger partial charge in [-0.05, 0) is 43.2 Å². The van der Waals surface area contributed by atoms with Crippen LogP contribution in [-0.2, 0) is 9.59 Å². The number of Topliss-reactive ketones (excluding diaryl/α,β-unsaturated/α-hetero) is 1. The van der Waals surface area contributed by atoms with Crippen LogP contribution >= 0.6 is 0 Å². The normalized spacial score (nSPS) is 21.0. The van der Waals surface area contributed by atoms with Crippen molar-refractivity contribution in [3.63, 3.8) is 0 Å². The highest BCUT2D eigenvalue weighted by Gasteiger charge is 2.34. The monoisotopic (exact) mass is 474 g/mol. The van der Waals surface area contributed by atoms with Gasteiger partial charge in [-0.1, -0.05) is 65.5 Å². The molecule has 5 nitrogen and oxygen atoms in total. The zero-order chi connectivity index (χ0) is 24.9. The van der Waals surface area contributed by atoms with Gasteiger partial charge in [0.05, 0.1) is 11.6 Å². The molecule has 0 bridgehead atoms. The molecule has 190 valence electrons. The smallest absolute Gasteiger partial charge is 0.254 e. The molecule has 2 aliphatic rings. The summed E-state index contributed by atoms with van der Waals surface area (Å²) in [6.45, 7) is 8.63. The van der Waals surface area contributed by atoms with Gasteiger partial charge in [0, 0.05) is 32.3 Å². The van der Waals surface area contributed by atoms with Gasteiger partial charge in [0.15, 0.2) is 5.78 Å². The van der Waals surface area contributed by atoms with Crippen molar-refractivity contribution in [2.24, 2.45) is 11.3 Å². The number of nitrogens with one attached hydrogen (secondary N) is 1. The molecular weight excluding hydrogens is 431 g/mol. The third-order valence-corrected chi connectivity index (χ3v) is 7.42. The van der Waals surface area contributed by atoms with Crippen LogP contribution in [0.2, 0.25) is 0 Å². The van der Waals surface area contributed by atoms with Crippen molar-refractivity contribution in [3.05, 3.63) is 35.1 Å². The lowest BCUT2D eigenvalue weighted by Gasteiger charge is -2.36. The highest BCUT2D eigenvalue weighted by atomic mass is 19.1. The largest absolute Gasteiger partial charge is 0.342 e. The predicted molar refractivity (Wildman–Crippen MR) is 134 cm³/mol. The molecule has 6 heteroatoms. The van der Waals surface area contributed by atoms with Crippen LogP contribution in [0, 0.1) is 17.2 Å². The lowest BCUT2D eigenvalue weighted by Crippen LogP contribution is -2.46. The average molecular weight is 475 g/mol. The molecule has 0 spiro atoms. The van der Waals surface area contributed by atoms with Gasteiger partial charge in [0.2, 0.25) is 5.91 Å². The van der Waals surface area contributed by atoms with Crippen LogP contribution in [0.5, 0.6) is 0 Å². The summed E-state index contributed by atoms with van der Waals surface area (Å²) < 4.78 is 15.7. The molecule has 2 fully saturated rings. The van der Waals surface area contributed by atoms with Gasteiger partial charge >= 0.3 is 0 Å². The Kier molecular flexibility index (Phi) is 8.89. The fourth-order valence-electron chi connectivity index (χ4n) is 5.47. The van der Waals surface area contributed by atoms with E-state index in [0.717, 1.165) is 51.4 Å². The van der Waals surface area contributed by atoms with E-state index in [1.54, 1.807) is 12.1 Å². The average Bonchev–Trinajstić information content (AvgIpc) is 3.10. The van der Waals surface area contributed by atoms with Crippen LogP contribution in [0.25, 0.3) is 0 Å². The highest BCUT2D eigenvalue weighted by molar-refractivity contribution is 5.98. The Morgan fingerprint density at radius 2 is 1.76 bits per heavy atom. The number of piperidine rings is 1. The van der Waals surface area contributed by atoms with Gasteiger partial charge in [0.1, 0.15) is 5.82 Å². The van der Waals surface area contributed by atoms with Crippen molar-refractivity contribution in [1.29, 1.82) is 0 Å². The summed E-state index contributed by atoms with van der Waals surface area (Å²) in [6, 6.07) is 4.37. The minimum atomic E-state index is -0.562. The minimum Gasteiger partial charge on any atom is -0.342 e. The zero-order valence-corrected chi connectivity index (χ0v) is 21.3. The quantitative estimate of drug-likeness (QED) is 0.524. The summed E-state index contributed by atoms with van der Waals surface area (Å²) in [5, 5.41) is 2.91. The third kappa shape index (κ3) is 6.25. The number of carbonyl (C=O) groups is 3. The van der Waals surface area contributed by atoms with Gasteiger partial charge in [-0.3, -0.25) is 14.4 Å². The first-order valence-corrected chi connectivity index (χ1v) is 13.0. The number of halogens is 1. The summed E-state index contributed by atoms with van der Waals surface area (Å²) >= 11 is 0. The molecule has 1 saturated carbocycles. The molecule has 0 aromatic heterocycles. The number of likely N-dealkylation sites (tertiary alicyclic amines) is 1. The first-order valence-electron chi connectivity index (χ1n) is 13.0. The fraction of sp³-hybridized carbons (Fsp3) is 0.679. The summed E-state index contributed by atoms with van der Waals surface area (Å²) in [7, 11) is 0. The molecule has 1 aromatic carbocycles. The minimum absolute atomic E-state index is 0. The molecule has 3 rings (SSSR count). The van der Waals surface area contributed by atoms with Gasteiger partial charge in [-0.15, -0.1) is 0 Å². The van der Waals surface area contributed by atoms with E-state index in [9.17, 15) is 14.4 Å². The third-order valence-electron chi connectivity index (χ3n) is 7.42. The maximum Gasteiger partial charge on any atom is 0.254 e. The Bertz CT molecular complexity index is 891. The molecule has 0 radical (unpaired) electrons. The lowest BCUT2D eigenvalue weighted by molar-refractivity contribution is -0.140. The number of amides is 2. The molecule has 34 heavy (non-hydrogen) atoms. The van der Waals surface area contributed by atoms with E-state index in [1.165, 1.54) is 6.07 Å². The van der Waals surface area contributed by atoms with Crippen molar-refractivity contribution in [2.75, 3.05) is 13.1 Å². The number of benzene rings is 1. The Morgan fingerprint density at radius 1 is 1.09 bits per heavy atom. The summed E-state index contributed by atoms with van der Waals surface area (Å²) in [5.41, 5.74) is -0.0211. The summed E-state index contributed by atoms with van der Waals surface area (Å²) in [4.78, 5) is 40.5. The van der Waals surface area contributed by atoms with E-state index in [2.05, 4.69) is 5.32 Å². The van der Waals surface area contributed by atoms with Crippen LogP contribution < -0.4 is 5.32 Å². The van der Waals surface area contributed by atoms with Gasteiger partial charge in [-0.2, -0.15) is 0 Å². The number of ketones is 1. The van der Waals surface area contributed by atoms with Crippen LogP contribution in [0.3, 0.4) is 0 Å². The maximum atomic E-state index is 15.7. The van der Waals surface area contributed by atoms with Crippen LogP contribution in [0.4, 0.5) is 4.39 Å². The molecule has 1 aromatic rings. The maximum absolute atomic E-state index is 15.7. The first kappa shape index (κ1) is 26.4. The van der Waals surface area contributed by atoms with E-state index in [0.29, 0.717) is 25.1 Å². The summed E-state index contributed by atoms with van der Waals surface area (Å²) in [5.74, 6) is -1.01. The number of nitrogens with zero attached hydrogens (tertiary/aromatic N) is 1. The Morgan fingerprint density at radius 3 is 2.38 bits per heavy atom. The SMILES string of the molecule is CCC(=O)[C@H](NC(=O)c1cccc(C2CCCN(C(=O)C(C)(C)C)C2)c1F)C1CCCCCC1.[HH]. The van der Waals surface area contributed by atoms with E-state index in [1.807, 2.05) is 32.6 Å². The molecule has 1 saturated heterocycles. The lowest BCUT2D eigenvalue weighted by atomic mass is 9.86. The van der Waals surface area contributed by atoms with Gasteiger partial charge in [0.25, 0.3) is 5.91 Å². The number of hydrogen-bond donors (Lipinski definition) is 1. The number of hydrogen-bond acceptors (Lipinski definition) is 3. The standard InChI is InChI=1S/C28H41FN2O3.H2/c1-5-23(32)25(19-12-8-6-7-9-13-19)30-26(33)22-16-10-15-21(24(22)29)20-14-11-17-31(18-20)27(34)28(2,3)4;/h10,15-16,19-20,25H,5-9,11-14,17-18H2,1-4H3,(H,30,33);1H/t20?,25-;/m1./s1. The second kappa shape index (κ2) is 11.5. The number of rotatable bonds is 6. The topological polar surface area (TPSA) is 66.5 Å². The Hall–Kier alpha value is -2.24. The molecule has 1 N–H and O–H groups in total. The van der Waals surface area contributed by atoms with E-state index < -0.39 is 23.2 Å². The Labute approximate surface area is 205 Å². The van der Waals surface area contributed by atoms with Gasteiger partial charge in [-0.25, -0.2) is 4.39 Å².